The zero-order valence-electron chi connectivity index (χ0n) is 11.7. The molecule has 0 bridgehead atoms. The van der Waals surface area contributed by atoms with Gasteiger partial charge in [0.05, 0.1) is 11.8 Å². The summed E-state index contributed by atoms with van der Waals surface area (Å²) in [4.78, 5) is 10.4. The van der Waals surface area contributed by atoms with Gasteiger partial charge in [-0.25, -0.2) is 13.1 Å². The van der Waals surface area contributed by atoms with E-state index in [9.17, 15) is 13.2 Å². The number of aromatic nitrogens is 2. The second-order valence-corrected chi connectivity index (χ2v) is 6.55. The number of aliphatic carboxylic acids is 1. The molecule has 0 aliphatic rings. The first-order chi connectivity index (χ1) is 9.16. The molecule has 1 aromatic rings. The Kier molecular flexibility index (Phi) is 5.26. The topological polar surface area (TPSA) is 111 Å². The van der Waals surface area contributed by atoms with E-state index in [2.05, 4.69) is 9.82 Å². The molecule has 1 aromatic heterocycles. The Bertz CT molecular complexity index is 564. The van der Waals surface area contributed by atoms with Crippen LogP contribution in [0, 0.1) is 0 Å². The van der Waals surface area contributed by atoms with E-state index in [1.807, 2.05) is 6.92 Å². The van der Waals surface area contributed by atoms with E-state index in [1.54, 1.807) is 13.8 Å². The molecule has 0 unspecified atom stereocenters. The molecule has 8 nitrogen and oxygen atoms in total. The molecule has 0 atom stereocenters. The predicted octanol–water partition coefficient (Wildman–Crippen LogP) is 0.0611. The van der Waals surface area contributed by atoms with E-state index in [0.717, 1.165) is 10.9 Å². The summed E-state index contributed by atoms with van der Waals surface area (Å²) in [6.45, 7) is 5.56. The number of hydrogen-bond acceptors (Lipinski definition) is 5. The number of ether oxygens (including phenoxy) is 1. The molecule has 0 radical (unpaired) electrons. The van der Waals surface area contributed by atoms with Crippen LogP contribution in [0.1, 0.15) is 20.8 Å². The van der Waals surface area contributed by atoms with Crippen LogP contribution in [0.4, 0.5) is 0 Å². The molecule has 0 aliphatic carbocycles. The van der Waals surface area contributed by atoms with Gasteiger partial charge in [0.25, 0.3) is 0 Å². The van der Waals surface area contributed by atoms with Crippen LogP contribution in [0.2, 0.25) is 0 Å². The van der Waals surface area contributed by atoms with Gasteiger partial charge in [0, 0.05) is 19.3 Å². The zero-order valence-corrected chi connectivity index (χ0v) is 12.5. The molecule has 1 heterocycles. The number of rotatable bonds is 8. The van der Waals surface area contributed by atoms with Crippen LogP contribution in [0.3, 0.4) is 0 Å². The fraction of sp³-hybridized carbons (Fsp3) is 0.636. The molecule has 1 rings (SSSR count). The van der Waals surface area contributed by atoms with Gasteiger partial charge >= 0.3 is 5.97 Å². The number of nitrogens with zero attached hydrogens (tertiary/aromatic N) is 2. The Hall–Kier alpha value is -1.45. The second kappa shape index (κ2) is 6.33. The fourth-order valence-electron chi connectivity index (χ4n) is 1.50. The standard InChI is InChI=1S/C11H19N3O5S/c1-4-19-11(2,3)8-13-20(17,18)9-5-12-14(6-9)7-10(15)16/h5-6,13H,4,7-8H2,1-3H3,(H,15,16). The first kappa shape index (κ1) is 16.6. The summed E-state index contributed by atoms with van der Waals surface area (Å²) in [7, 11) is -3.73. The molecule has 0 saturated heterocycles. The van der Waals surface area contributed by atoms with Crippen molar-refractivity contribution in [1.82, 2.24) is 14.5 Å². The zero-order chi connectivity index (χ0) is 15.4. The van der Waals surface area contributed by atoms with Crippen molar-refractivity contribution in [3.8, 4) is 0 Å². The van der Waals surface area contributed by atoms with Gasteiger partial charge < -0.3 is 9.84 Å². The maximum absolute atomic E-state index is 12.0. The SMILES string of the molecule is CCOC(C)(C)CNS(=O)(=O)c1cnn(CC(=O)O)c1. The first-order valence-electron chi connectivity index (χ1n) is 6.04. The largest absolute Gasteiger partial charge is 0.480 e. The summed E-state index contributed by atoms with van der Waals surface area (Å²) in [6.07, 6.45) is 2.28. The Morgan fingerprint density at radius 1 is 1.55 bits per heavy atom. The highest BCUT2D eigenvalue weighted by Gasteiger charge is 2.23. The number of carboxylic acid groups (broad SMARTS) is 1. The maximum atomic E-state index is 12.0. The van der Waals surface area contributed by atoms with Crippen molar-refractivity contribution in [2.75, 3.05) is 13.2 Å². The molecule has 0 aliphatic heterocycles. The van der Waals surface area contributed by atoms with Crippen molar-refractivity contribution in [3.63, 3.8) is 0 Å². The lowest BCUT2D eigenvalue weighted by atomic mass is 10.1. The van der Waals surface area contributed by atoms with E-state index in [4.69, 9.17) is 9.84 Å². The van der Waals surface area contributed by atoms with Crippen molar-refractivity contribution in [3.05, 3.63) is 12.4 Å². The van der Waals surface area contributed by atoms with Gasteiger partial charge in [-0.05, 0) is 20.8 Å². The summed E-state index contributed by atoms with van der Waals surface area (Å²) in [5.74, 6) is -1.09. The van der Waals surface area contributed by atoms with Crippen molar-refractivity contribution in [2.45, 2.75) is 37.8 Å². The Morgan fingerprint density at radius 3 is 2.75 bits per heavy atom. The molecule has 20 heavy (non-hydrogen) atoms. The van der Waals surface area contributed by atoms with Crippen LogP contribution in [0.5, 0.6) is 0 Å². The third-order valence-corrected chi connectivity index (χ3v) is 3.80. The maximum Gasteiger partial charge on any atom is 0.325 e. The van der Waals surface area contributed by atoms with Crippen LogP contribution >= 0.6 is 0 Å². The minimum atomic E-state index is -3.73. The Labute approximate surface area is 117 Å². The fourth-order valence-corrected chi connectivity index (χ4v) is 2.65. The molecule has 0 amide bonds. The highest BCUT2D eigenvalue weighted by Crippen LogP contribution is 2.11. The first-order valence-corrected chi connectivity index (χ1v) is 7.52. The monoisotopic (exact) mass is 305 g/mol. The van der Waals surface area contributed by atoms with Gasteiger partial charge in [-0.3, -0.25) is 9.48 Å². The van der Waals surface area contributed by atoms with Gasteiger partial charge in [0.2, 0.25) is 10.0 Å². The van der Waals surface area contributed by atoms with Crippen LogP contribution in [-0.4, -0.2) is 48.0 Å². The van der Waals surface area contributed by atoms with Crippen LogP contribution in [0.25, 0.3) is 0 Å². The quantitative estimate of drug-likeness (QED) is 0.702. The van der Waals surface area contributed by atoms with Crippen molar-refractivity contribution in [2.24, 2.45) is 0 Å². The van der Waals surface area contributed by atoms with Crippen LogP contribution in [0.15, 0.2) is 17.3 Å². The highest BCUT2D eigenvalue weighted by atomic mass is 32.2. The number of nitrogens with one attached hydrogen (secondary N) is 1. The minimum Gasteiger partial charge on any atom is -0.480 e. The van der Waals surface area contributed by atoms with Gasteiger partial charge in [0.1, 0.15) is 11.4 Å². The third kappa shape index (κ3) is 4.91. The molecule has 0 saturated carbocycles. The molecule has 9 heteroatoms. The lowest BCUT2D eigenvalue weighted by molar-refractivity contribution is -0.137. The van der Waals surface area contributed by atoms with Gasteiger partial charge in [-0.2, -0.15) is 5.10 Å². The lowest BCUT2D eigenvalue weighted by Gasteiger charge is -2.24. The van der Waals surface area contributed by atoms with E-state index in [0.29, 0.717) is 6.61 Å². The van der Waals surface area contributed by atoms with Gasteiger partial charge in [-0.1, -0.05) is 0 Å². The Balaban J connectivity index is 2.74. The van der Waals surface area contributed by atoms with E-state index >= 15 is 0 Å². The van der Waals surface area contributed by atoms with E-state index in [-0.39, 0.29) is 18.0 Å². The molecule has 0 spiro atoms. The summed E-state index contributed by atoms with van der Waals surface area (Å²) in [6, 6.07) is 0. The van der Waals surface area contributed by atoms with Crippen LogP contribution < -0.4 is 4.72 Å². The van der Waals surface area contributed by atoms with Gasteiger partial charge in [0.15, 0.2) is 0 Å². The summed E-state index contributed by atoms with van der Waals surface area (Å²) in [5.41, 5.74) is -0.626. The van der Waals surface area contributed by atoms with Crippen LogP contribution in [-0.2, 0) is 26.1 Å². The summed E-state index contributed by atoms with van der Waals surface area (Å²) < 4.78 is 32.9. The second-order valence-electron chi connectivity index (χ2n) is 4.78. The molecule has 114 valence electrons. The average molecular weight is 305 g/mol. The minimum absolute atomic E-state index is 0.0777. The van der Waals surface area contributed by atoms with Gasteiger partial charge in [-0.15, -0.1) is 0 Å². The molecule has 0 fully saturated rings. The van der Waals surface area contributed by atoms with Crippen molar-refractivity contribution >= 4 is 16.0 Å². The number of carboxylic acids is 1. The van der Waals surface area contributed by atoms with Crippen molar-refractivity contribution in [1.29, 1.82) is 0 Å². The number of carbonyl (C=O) groups is 1. The smallest absolute Gasteiger partial charge is 0.325 e. The Morgan fingerprint density at radius 2 is 2.20 bits per heavy atom. The lowest BCUT2D eigenvalue weighted by Crippen LogP contribution is -2.40. The number of sulfonamides is 1. The molecule has 2 N–H and O–H groups in total. The molecular formula is C11H19N3O5S. The highest BCUT2D eigenvalue weighted by molar-refractivity contribution is 7.89. The van der Waals surface area contributed by atoms with Crippen molar-refractivity contribution < 1.29 is 23.1 Å². The third-order valence-electron chi connectivity index (χ3n) is 2.44. The van der Waals surface area contributed by atoms with E-state index < -0.39 is 21.6 Å². The predicted molar refractivity (Wildman–Crippen MR) is 70.8 cm³/mol. The number of hydrogen-bond donors (Lipinski definition) is 2. The molecule has 0 aromatic carbocycles. The average Bonchev–Trinajstić information content (AvgIpc) is 2.75. The normalized spacial score (nSPS) is 12.6. The molecular weight excluding hydrogens is 286 g/mol. The summed E-state index contributed by atoms with van der Waals surface area (Å²) in [5, 5.41) is 12.3. The van der Waals surface area contributed by atoms with E-state index in [1.165, 1.54) is 6.20 Å². The summed E-state index contributed by atoms with van der Waals surface area (Å²) >= 11 is 0.